The van der Waals surface area contributed by atoms with E-state index in [2.05, 4.69) is 19.1 Å². The van der Waals surface area contributed by atoms with Crippen molar-refractivity contribution in [1.29, 1.82) is 0 Å². The molecule has 0 heterocycles. The van der Waals surface area contributed by atoms with Gasteiger partial charge in [0.15, 0.2) is 0 Å². The number of hydrogen-bond donors (Lipinski definition) is 1. The van der Waals surface area contributed by atoms with E-state index in [1.165, 1.54) is 19.3 Å². The lowest BCUT2D eigenvalue weighted by molar-refractivity contribution is -0.137. The summed E-state index contributed by atoms with van der Waals surface area (Å²) in [6.45, 7) is 3.09. The minimum atomic E-state index is -0.693. The molecule has 0 aromatic rings. The average Bonchev–Trinajstić information content (AvgIpc) is 2.59. The number of nitrogens with zero attached hydrogens (tertiary/aromatic N) is 1. The lowest BCUT2D eigenvalue weighted by Gasteiger charge is -2.16. The highest BCUT2D eigenvalue weighted by Gasteiger charge is 2.07. The van der Waals surface area contributed by atoms with Crippen LogP contribution in [0.5, 0.6) is 0 Å². The van der Waals surface area contributed by atoms with E-state index >= 15 is 0 Å². The van der Waals surface area contributed by atoms with Crippen LogP contribution in [0, 0.1) is 0 Å². The van der Waals surface area contributed by atoms with Gasteiger partial charge in [0.05, 0.1) is 0 Å². The summed E-state index contributed by atoms with van der Waals surface area (Å²) >= 11 is 0. The summed E-state index contributed by atoms with van der Waals surface area (Å²) in [5.74, 6) is -0.414. The highest BCUT2D eigenvalue weighted by molar-refractivity contribution is 5.75. The second-order valence-electron chi connectivity index (χ2n) is 6.94. The number of hydrogen-bond acceptors (Lipinski definition) is 2. The van der Waals surface area contributed by atoms with E-state index in [1.54, 1.807) is 0 Å². The summed E-state index contributed by atoms with van der Waals surface area (Å²) in [5, 5.41) is 8.54. The van der Waals surface area contributed by atoms with E-state index in [4.69, 9.17) is 5.11 Å². The third-order valence-corrected chi connectivity index (χ3v) is 4.46. The van der Waals surface area contributed by atoms with Crippen molar-refractivity contribution in [3.05, 3.63) is 12.2 Å². The van der Waals surface area contributed by atoms with Crippen molar-refractivity contribution in [1.82, 2.24) is 4.90 Å². The zero-order valence-electron chi connectivity index (χ0n) is 16.5. The highest BCUT2D eigenvalue weighted by atomic mass is 16.4. The van der Waals surface area contributed by atoms with E-state index in [-0.39, 0.29) is 5.91 Å². The quantitative estimate of drug-likeness (QED) is 0.275. The number of rotatable bonds is 17. The van der Waals surface area contributed by atoms with Gasteiger partial charge in [-0.3, -0.25) is 9.59 Å². The first kappa shape index (κ1) is 23.7. The predicted molar refractivity (Wildman–Crippen MR) is 105 cm³/mol. The molecule has 0 spiro atoms. The Morgan fingerprint density at radius 3 is 2.00 bits per heavy atom. The van der Waals surface area contributed by atoms with Crippen LogP contribution in [0.1, 0.15) is 96.8 Å². The lowest BCUT2D eigenvalue weighted by atomic mass is 10.1. The van der Waals surface area contributed by atoms with Gasteiger partial charge in [-0.25, -0.2) is 0 Å². The van der Waals surface area contributed by atoms with Crippen LogP contribution in [0.4, 0.5) is 0 Å². The summed E-state index contributed by atoms with van der Waals surface area (Å²) in [4.78, 5) is 24.2. The fraction of sp³-hybridized carbons (Fsp3) is 0.810. The van der Waals surface area contributed by atoms with Crippen LogP contribution in [0.2, 0.25) is 0 Å². The van der Waals surface area contributed by atoms with Crippen molar-refractivity contribution in [2.24, 2.45) is 0 Å². The Balaban J connectivity index is 3.40. The van der Waals surface area contributed by atoms with Crippen LogP contribution in [0.25, 0.3) is 0 Å². The SMILES string of the molecule is CCCCCCN(C)C(=O)CCCC/C=C\CCCCCCC(=O)O. The molecule has 0 saturated carbocycles. The number of allylic oxidation sites excluding steroid dienone is 2. The molecule has 1 amide bonds. The Kier molecular flexibility index (Phi) is 16.6. The minimum Gasteiger partial charge on any atom is -0.481 e. The van der Waals surface area contributed by atoms with Gasteiger partial charge in [0, 0.05) is 26.4 Å². The molecule has 0 unspecified atom stereocenters. The maximum absolute atomic E-state index is 12.0. The molecule has 0 aliphatic heterocycles. The number of carboxylic acid groups (broad SMARTS) is 1. The standard InChI is InChI=1S/C21H39NO3/c1-3-4-5-16-19-22(2)20(23)17-14-12-10-8-6-7-9-11-13-15-18-21(24)25/h6,8H,3-5,7,9-19H2,1-2H3,(H,24,25)/b8-6-. The van der Waals surface area contributed by atoms with Crippen molar-refractivity contribution in [3.8, 4) is 0 Å². The van der Waals surface area contributed by atoms with Crippen LogP contribution in [0.3, 0.4) is 0 Å². The van der Waals surface area contributed by atoms with Crippen LogP contribution in [-0.4, -0.2) is 35.5 Å². The fourth-order valence-corrected chi connectivity index (χ4v) is 2.76. The maximum Gasteiger partial charge on any atom is 0.303 e. The van der Waals surface area contributed by atoms with Gasteiger partial charge < -0.3 is 10.0 Å². The molecule has 0 atom stereocenters. The molecule has 1 N–H and O–H groups in total. The molecule has 0 aliphatic carbocycles. The molecular weight excluding hydrogens is 314 g/mol. The smallest absolute Gasteiger partial charge is 0.303 e. The second kappa shape index (κ2) is 17.5. The highest BCUT2D eigenvalue weighted by Crippen LogP contribution is 2.08. The zero-order chi connectivity index (χ0) is 18.8. The first-order chi connectivity index (χ1) is 12.1. The van der Waals surface area contributed by atoms with Gasteiger partial charge in [-0.05, 0) is 44.9 Å². The number of carbonyl (C=O) groups is 2. The summed E-state index contributed by atoms with van der Waals surface area (Å²) < 4.78 is 0. The first-order valence-corrected chi connectivity index (χ1v) is 10.2. The van der Waals surface area contributed by atoms with Crippen LogP contribution < -0.4 is 0 Å². The summed E-state index contributed by atoms with van der Waals surface area (Å²) in [7, 11) is 1.92. The maximum atomic E-state index is 12.0. The number of carboxylic acids is 1. The Morgan fingerprint density at radius 1 is 0.800 bits per heavy atom. The van der Waals surface area contributed by atoms with Gasteiger partial charge in [-0.2, -0.15) is 0 Å². The third kappa shape index (κ3) is 17.3. The molecule has 0 fully saturated rings. The van der Waals surface area contributed by atoms with E-state index in [1.807, 2.05) is 11.9 Å². The molecule has 0 radical (unpaired) electrons. The van der Waals surface area contributed by atoms with Gasteiger partial charge in [-0.15, -0.1) is 0 Å². The van der Waals surface area contributed by atoms with Gasteiger partial charge in [0.1, 0.15) is 0 Å². The molecule has 0 aromatic carbocycles. The molecule has 0 saturated heterocycles. The Labute approximate surface area is 154 Å². The Morgan fingerprint density at radius 2 is 1.36 bits per heavy atom. The Bertz CT molecular complexity index is 366. The summed E-state index contributed by atoms with van der Waals surface area (Å²) in [6, 6.07) is 0. The lowest BCUT2D eigenvalue weighted by Crippen LogP contribution is -2.27. The summed E-state index contributed by atoms with van der Waals surface area (Å²) in [5.41, 5.74) is 0. The summed E-state index contributed by atoms with van der Waals surface area (Å²) in [6.07, 6.45) is 18.4. The van der Waals surface area contributed by atoms with Crippen molar-refractivity contribution in [2.75, 3.05) is 13.6 Å². The van der Waals surface area contributed by atoms with Gasteiger partial charge in [0.25, 0.3) is 0 Å². The van der Waals surface area contributed by atoms with Crippen molar-refractivity contribution < 1.29 is 14.7 Å². The molecule has 0 bridgehead atoms. The normalized spacial score (nSPS) is 11.1. The van der Waals surface area contributed by atoms with Gasteiger partial charge in [0.2, 0.25) is 5.91 Å². The molecule has 146 valence electrons. The van der Waals surface area contributed by atoms with E-state index in [9.17, 15) is 9.59 Å². The van der Waals surface area contributed by atoms with E-state index in [0.29, 0.717) is 12.8 Å². The predicted octanol–water partition coefficient (Wildman–Crippen LogP) is 5.57. The van der Waals surface area contributed by atoms with Crippen molar-refractivity contribution in [3.63, 3.8) is 0 Å². The average molecular weight is 354 g/mol. The van der Waals surface area contributed by atoms with Crippen LogP contribution >= 0.6 is 0 Å². The van der Waals surface area contributed by atoms with Crippen LogP contribution in [0.15, 0.2) is 12.2 Å². The van der Waals surface area contributed by atoms with Gasteiger partial charge >= 0.3 is 5.97 Å². The van der Waals surface area contributed by atoms with Crippen molar-refractivity contribution in [2.45, 2.75) is 96.8 Å². The Hall–Kier alpha value is -1.32. The van der Waals surface area contributed by atoms with Crippen molar-refractivity contribution >= 4 is 11.9 Å². The first-order valence-electron chi connectivity index (χ1n) is 10.2. The fourth-order valence-electron chi connectivity index (χ4n) is 2.76. The van der Waals surface area contributed by atoms with E-state index < -0.39 is 5.97 Å². The third-order valence-electron chi connectivity index (χ3n) is 4.46. The number of aliphatic carboxylic acids is 1. The largest absolute Gasteiger partial charge is 0.481 e. The van der Waals surface area contributed by atoms with Crippen LogP contribution in [-0.2, 0) is 9.59 Å². The molecule has 0 rings (SSSR count). The molecule has 4 heteroatoms. The molecular formula is C21H39NO3. The zero-order valence-corrected chi connectivity index (χ0v) is 16.5. The second-order valence-corrected chi connectivity index (χ2v) is 6.94. The number of unbranched alkanes of at least 4 members (excludes halogenated alkanes) is 9. The van der Waals surface area contributed by atoms with E-state index in [0.717, 1.165) is 64.3 Å². The molecule has 25 heavy (non-hydrogen) atoms. The monoisotopic (exact) mass is 353 g/mol. The topological polar surface area (TPSA) is 57.6 Å². The minimum absolute atomic E-state index is 0.279. The molecule has 0 aromatic heterocycles. The van der Waals surface area contributed by atoms with Gasteiger partial charge in [-0.1, -0.05) is 51.2 Å². The number of carbonyl (C=O) groups excluding carboxylic acids is 1. The number of amides is 1. The molecule has 4 nitrogen and oxygen atoms in total. The molecule has 0 aliphatic rings.